The van der Waals surface area contributed by atoms with Crippen molar-refractivity contribution in [1.82, 2.24) is 24.8 Å². The first-order valence-corrected chi connectivity index (χ1v) is 9.00. The number of pyridine rings is 1. The number of imidazole rings is 1. The number of hydrogen-bond donors (Lipinski definition) is 1. The van der Waals surface area contributed by atoms with Gasteiger partial charge in [0, 0.05) is 45.8 Å². The molecule has 148 valence electrons. The largest absolute Gasteiger partial charge is 0.352 e. The van der Waals surface area contributed by atoms with Crippen LogP contribution in [0, 0.1) is 13.8 Å². The van der Waals surface area contributed by atoms with Gasteiger partial charge in [-0.2, -0.15) is 0 Å². The van der Waals surface area contributed by atoms with Crippen LogP contribution in [0.25, 0.3) is 5.82 Å². The lowest BCUT2D eigenvalue weighted by Gasteiger charge is -2.23. The fourth-order valence-electron chi connectivity index (χ4n) is 2.97. The van der Waals surface area contributed by atoms with Gasteiger partial charge in [-0.15, -0.1) is 24.0 Å². The number of nitrogens with zero attached hydrogens (tertiary/aromatic N) is 5. The van der Waals surface area contributed by atoms with E-state index < -0.39 is 0 Å². The molecule has 1 aromatic carbocycles. The Bertz CT molecular complexity index is 917. The van der Waals surface area contributed by atoms with Crippen molar-refractivity contribution in [2.24, 2.45) is 4.99 Å². The lowest BCUT2D eigenvalue weighted by atomic mass is 10.1. The van der Waals surface area contributed by atoms with Gasteiger partial charge in [0.05, 0.1) is 0 Å². The van der Waals surface area contributed by atoms with Crippen molar-refractivity contribution in [2.75, 3.05) is 14.1 Å². The van der Waals surface area contributed by atoms with E-state index in [1.807, 2.05) is 37.0 Å². The van der Waals surface area contributed by atoms with Gasteiger partial charge < -0.3 is 10.2 Å². The molecule has 0 atom stereocenters. The molecular weight excluding hydrogens is 463 g/mol. The third-order valence-electron chi connectivity index (χ3n) is 4.57. The first kappa shape index (κ1) is 21.9. The van der Waals surface area contributed by atoms with Gasteiger partial charge in [0.2, 0.25) is 0 Å². The summed E-state index contributed by atoms with van der Waals surface area (Å²) in [6.45, 7) is 5.57. The van der Waals surface area contributed by atoms with Gasteiger partial charge in [-0.1, -0.05) is 30.3 Å². The molecule has 6 nitrogen and oxygen atoms in total. The van der Waals surface area contributed by atoms with E-state index in [1.165, 1.54) is 11.1 Å². The summed E-state index contributed by atoms with van der Waals surface area (Å²) in [5.74, 6) is 2.65. The highest BCUT2D eigenvalue weighted by molar-refractivity contribution is 14.0. The van der Waals surface area contributed by atoms with E-state index in [9.17, 15) is 0 Å². The van der Waals surface area contributed by atoms with Crippen molar-refractivity contribution in [2.45, 2.75) is 26.9 Å². The Morgan fingerprint density at radius 2 is 1.93 bits per heavy atom. The molecule has 1 N–H and O–H groups in total. The van der Waals surface area contributed by atoms with Gasteiger partial charge in [0.25, 0.3) is 0 Å². The molecule has 0 saturated heterocycles. The summed E-state index contributed by atoms with van der Waals surface area (Å²) < 4.78 is 1.96. The van der Waals surface area contributed by atoms with Crippen LogP contribution in [0.1, 0.15) is 22.5 Å². The maximum Gasteiger partial charge on any atom is 0.193 e. The number of aromatic nitrogens is 3. The quantitative estimate of drug-likeness (QED) is 0.337. The minimum atomic E-state index is 0. The lowest BCUT2D eigenvalue weighted by Crippen LogP contribution is -2.38. The first-order chi connectivity index (χ1) is 13.1. The van der Waals surface area contributed by atoms with E-state index in [0.29, 0.717) is 6.54 Å². The molecule has 0 bridgehead atoms. The van der Waals surface area contributed by atoms with Crippen molar-refractivity contribution in [3.8, 4) is 5.82 Å². The van der Waals surface area contributed by atoms with Crippen LogP contribution in [0.2, 0.25) is 0 Å². The van der Waals surface area contributed by atoms with Gasteiger partial charge in [0.15, 0.2) is 5.96 Å². The first-order valence-electron chi connectivity index (χ1n) is 9.00. The zero-order chi connectivity index (χ0) is 19.2. The molecule has 0 amide bonds. The van der Waals surface area contributed by atoms with Crippen LogP contribution in [-0.4, -0.2) is 39.5 Å². The summed E-state index contributed by atoms with van der Waals surface area (Å²) in [7, 11) is 3.85. The van der Waals surface area contributed by atoms with E-state index in [1.54, 1.807) is 13.2 Å². The van der Waals surface area contributed by atoms with E-state index in [2.05, 4.69) is 62.4 Å². The maximum atomic E-state index is 4.54. The topological polar surface area (TPSA) is 58.3 Å². The summed E-state index contributed by atoms with van der Waals surface area (Å²) in [6, 6.07) is 12.5. The highest BCUT2D eigenvalue weighted by Gasteiger charge is 2.08. The predicted octanol–water partition coefficient (Wildman–Crippen LogP) is 3.71. The van der Waals surface area contributed by atoms with Crippen LogP contribution in [0.15, 0.2) is 60.0 Å². The van der Waals surface area contributed by atoms with Gasteiger partial charge in [-0.05, 0) is 36.6 Å². The summed E-state index contributed by atoms with van der Waals surface area (Å²) in [5, 5.41) is 3.41. The molecule has 3 aromatic rings. The summed E-state index contributed by atoms with van der Waals surface area (Å²) in [6.07, 6.45) is 5.58. The fourth-order valence-corrected chi connectivity index (χ4v) is 2.97. The van der Waals surface area contributed by atoms with Crippen LogP contribution in [-0.2, 0) is 13.1 Å². The van der Waals surface area contributed by atoms with Gasteiger partial charge in [-0.25, -0.2) is 9.97 Å². The second-order valence-electron chi connectivity index (χ2n) is 6.55. The average molecular weight is 490 g/mol. The van der Waals surface area contributed by atoms with Crippen molar-refractivity contribution >= 4 is 29.9 Å². The lowest BCUT2D eigenvalue weighted by molar-refractivity contribution is 0.475. The van der Waals surface area contributed by atoms with Crippen molar-refractivity contribution in [3.05, 3.63) is 77.5 Å². The van der Waals surface area contributed by atoms with Crippen LogP contribution in [0.5, 0.6) is 0 Å². The zero-order valence-corrected chi connectivity index (χ0v) is 19.1. The van der Waals surface area contributed by atoms with E-state index in [4.69, 9.17) is 0 Å². The number of rotatable bonds is 5. The Morgan fingerprint density at radius 1 is 1.14 bits per heavy atom. The number of hydrogen-bond acceptors (Lipinski definition) is 3. The van der Waals surface area contributed by atoms with Crippen LogP contribution < -0.4 is 5.32 Å². The molecule has 0 radical (unpaired) electrons. The smallest absolute Gasteiger partial charge is 0.193 e. The molecular formula is C21H27IN6. The zero-order valence-electron chi connectivity index (χ0n) is 16.8. The second kappa shape index (κ2) is 10.2. The van der Waals surface area contributed by atoms with Gasteiger partial charge in [0.1, 0.15) is 11.6 Å². The average Bonchev–Trinajstić information content (AvgIpc) is 3.10. The minimum Gasteiger partial charge on any atom is -0.352 e. The molecule has 28 heavy (non-hydrogen) atoms. The molecule has 2 aromatic heterocycles. The van der Waals surface area contributed by atoms with E-state index in [-0.39, 0.29) is 24.0 Å². The van der Waals surface area contributed by atoms with E-state index in [0.717, 1.165) is 29.7 Å². The minimum absolute atomic E-state index is 0. The number of nitrogens with one attached hydrogen (secondary N) is 1. The number of aryl methyl sites for hydroxylation is 2. The van der Waals surface area contributed by atoms with Crippen molar-refractivity contribution < 1.29 is 0 Å². The number of benzene rings is 1. The molecule has 0 fully saturated rings. The van der Waals surface area contributed by atoms with Crippen LogP contribution >= 0.6 is 24.0 Å². The molecule has 0 aliphatic carbocycles. The third-order valence-corrected chi connectivity index (χ3v) is 4.57. The molecule has 0 spiro atoms. The van der Waals surface area contributed by atoms with Crippen molar-refractivity contribution in [3.63, 3.8) is 0 Å². The SMILES string of the molecule is CN=C(NCc1ccc(-n2ccnc2C)nc1)N(C)Cc1ccccc1C.I. The maximum absolute atomic E-state index is 4.54. The Hall–Kier alpha value is -2.42. The summed E-state index contributed by atoms with van der Waals surface area (Å²) >= 11 is 0. The monoisotopic (exact) mass is 490 g/mol. The van der Waals surface area contributed by atoms with Crippen molar-refractivity contribution in [1.29, 1.82) is 0 Å². The molecule has 0 saturated carbocycles. The van der Waals surface area contributed by atoms with E-state index >= 15 is 0 Å². The van der Waals surface area contributed by atoms with Crippen LogP contribution in [0.3, 0.4) is 0 Å². The number of aliphatic imine (C=N–C) groups is 1. The Labute approximate surface area is 183 Å². The number of guanidine groups is 1. The second-order valence-corrected chi connectivity index (χ2v) is 6.55. The summed E-state index contributed by atoms with van der Waals surface area (Å²) in [4.78, 5) is 15.3. The number of halogens is 1. The van der Waals surface area contributed by atoms with Crippen LogP contribution in [0.4, 0.5) is 0 Å². The molecule has 7 heteroatoms. The molecule has 0 aliphatic rings. The molecule has 3 rings (SSSR count). The molecule has 2 heterocycles. The van der Waals surface area contributed by atoms with Gasteiger partial charge in [-0.3, -0.25) is 9.56 Å². The fraction of sp³-hybridized carbons (Fsp3) is 0.286. The highest BCUT2D eigenvalue weighted by atomic mass is 127. The third kappa shape index (κ3) is 5.31. The Kier molecular flexibility index (Phi) is 7.98. The predicted molar refractivity (Wildman–Crippen MR) is 124 cm³/mol. The standard InChI is InChI=1S/C21H26N6.HI/c1-16-7-5-6-8-19(16)15-26(4)21(22-3)25-14-18-9-10-20(24-13-18)27-12-11-23-17(27)2;/h5-13H,14-15H2,1-4H3,(H,22,25);1H. The normalized spacial score (nSPS) is 11.1. The summed E-state index contributed by atoms with van der Waals surface area (Å²) in [5.41, 5.74) is 3.68. The Balaban J connectivity index is 0.00000280. The van der Waals surface area contributed by atoms with Gasteiger partial charge >= 0.3 is 0 Å². The molecule has 0 unspecified atom stereocenters. The highest BCUT2D eigenvalue weighted by Crippen LogP contribution is 2.10. The molecule has 0 aliphatic heterocycles. The Morgan fingerprint density at radius 3 is 2.54 bits per heavy atom.